The van der Waals surface area contributed by atoms with Crippen molar-refractivity contribution in [2.75, 3.05) is 0 Å². The number of alkyl halides is 4. The molecule has 6 heteroatoms. The predicted octanol–water partition coefficient (Wildman–Crippen LogP) is 1.75. The fourth-order valence-electron chi connectivity index (χ4n) is 0.706. The van der Waals surface area contributed by atoms with Crippen LogP contribution in [0, 0.1) is 0 Å². The van der Waals surface area contributed by atoms with Crippen molar-refractivity contribution in [2.24, 2.45) is 4.99 Å². The number of halogens is 4. The van der Waals surface area contributed by atoms with Crippen LogP contribution in [-0.2, 0) is 0 Å². The molecule has 0 radical (unpaired) electrons. The highest BCUT2D eigenvalue weighted by molar-refractivity contribution is 5.89. The second-order valence-corrected chi connectivity index (χ2v) is 2.46. The summed E-state index contributed by atoms with van der Waals surface area (Å²) < 4.78 is 48.5. The van der Waals surface area contributed by atoms with Gasteiger partial charge in [-0.2, -0.15) is 13.2 Å². The topological polar surface area (TPSA) is 24.4 Å². The average molecular weight is 182 g/mol. The van der Waals surface area contributed by atoms with Crippen molar-refractivity contribution >= 4 is 5.84 Å². The summed E-state index contributed by atoms with van der Waals surface area (Å²) in [5.41, 5.74) is 0. The first kappa shape index (κ1) is 9.02. The van der Waals surface area contributed by atoms with E-state index >= 15 is 0 Å². The molecule has 2 nitrogen and oxygen atoms in total. The Morgan fingerprint density at radius 3 is 2.42 bits per heavy atom. The number of hydrogen-bond acceptors (Lipinski definition) is 2. The first-order valence-electron chi connectivity index (χ1n) is 3.11. The van der Waals surface area contributed by atoms with E-state index in [1.807, 2.05) is 5.32 Å². The van der Waals surface area contributed by atoms with Gasteiger partial charge in [-0.15, -0.1) is 0 Å². The lowest BCUT2D eigenvalue weighted by Crippen LogP contribution is -2.39. The van der Waals surface area contributed by atoms with Gasteiger partial charge in [-0.25, -0.2) is 9.38 Å². The van der Waals surface area contributed by atoms with Crippen molar-refractivity contribution in [3.63, 3.8) is 0 Å². The van der Waals surface area contributed by atoms with Crippen LogP contribution in [-0.4, -0.2) is 17.8 Å². The minimum atomic E-state index is -4.63. The lowest BCUT2D eigenvalue weighted by atomic mass is 10.2. The molecule has 1 aliphatic heterocycles. The minimum absolute atomic E-state index is 0.885. The number of rotatable bonds is 0. The van der Waals surface area contributed by atoms with Crippen LogP contribution in [0.15, 0.2) is 17.3 Å². The Labute approximate surface area is 66.0 Å². The maximum Gasteiger partial charge on any atom is 0.449 e. The molecule has 0 aromatic rings. The van der Waals surface area contributed by atoms with Gasteiger partial charge < -0.3 is 5.32 Å². The average Bonchev–Trinajstić information content (AvgIpc) is 1.83. The van der Waals surface area contributed by atoms with E-state index in [9.17, 15) is 17.6 Å². The molecular formula is C6H6F4N2. The number of nitrogens with zero attached hydrogens (tertiary/aromatic N) is 1. The molecule has 0 saturated heterocycles. The number of nitrogens with one attached hydrogen (secondary N) is 1. The van der Waals surface area contributed by atoms with Gasteiger partial charge in [-0.05, 0) is 13.0 Å². The zero-order valence-corrected chi connectivity index (χ0v) is 6.11. The molecule has 12 heavy (non-hydrogen) atoms. The van der Waals surface area contributed by atoms with Crippen LogP contribution in [0.1, 0.15) is 6.92 Å². The molecule has 0 bridgehead atoms. The van der Waals surface area contributed by atoms with Gasteiger partial charge in [0.05, 0.1) is 0 Å². The molecule has 1 atom stereocenters. The van der Waals surface area contributed by atoms with Gasteiger partial charge >= 0.3 is 6.18 Å². The van der Waals surface area contributed by atoms with Crippen molar-refractivity contribution in [3.05, 3.63) is 12.3 Å². The van der Waals surface area contributed by atoms with Gasteiger partial charge in [0.15, 0.2) is 0 Å². The molecule has 68 valence electrons. The summed E-state index contributed by atoms with van der Waals surface area (Å²) in [6.07, 6.45) is -2.84. The smallest absolute Gasteiger partial charge is 0.343 e. The molecule has 0 spiro atoms. The number of aliphatic imine (C=N–C) groups is 1. The first-order valence-corrected chi connectivity index (χ1v) is 3.11. The first-order chi connectivity index (χ1) is 5.31. The molecule has 1 aliphatic rings. The van der Waals surface area contributed by atoms with E-state index in [1.165, 1.54) is 0 Å². The quantitative estimate of drug-likeness (QED) is 0.448. The molecule has 1 unspecified atom stereocenters. The molecule has 0 saturated carbocycles. The van der Waals surface area contributed by atoms with Crippen molar-refractivity contribution < 1.29 is 17.6 Å². The molecule has 0 amide bonds. The summed E-state index contributed by atoms with van der Waals surface area (Å²) in [4.78, 5) is 2.81. The number of amidine groups is 1. The Morgan fingerprint density at radius 1 is 1.50 bits per heavy atom. The van der Waals surface area contributed by atoms with Crippen LogP contribution < -0.4 is 5.32 Å². The Kier molecular flexibility index (Phi) is 1.85. The highest BCUT2D eigenvalue weighted by atomic mass is 19.4. The lowest BCUT2D eigenvalue weighted by Gasteiger charge is -2.19. The van der Waals surface area contributed by atoms with Crippen LogP contribution in [0.2, 0.25) is 0 Å². The highest BCUT2D eigenvalue weighted by Crippen LogP contribution is 2.23. The second-order valence-electron chi connectivity index (χ2n) is 2.46. The van der Waals surface area contributed by atoms with E-state index in [2.05, 4.69) is 4.99 Å². The van der Waals surface area contributed by atoms with Gasteiger partial charge in [-0.1, -0.05) is 0 Å². The summed E-state index contributed by atoms with van der Waals surface area (Å²) in [6, 6.07) is 0. The highest BCUT2D eigenvalue weighted by Gasteiger charge is 2.39. The van der Waals surface area contributed by atoms with Gasteiger partial charge in [0.25, 0.3) is 0 Å². The Bertz CT molecular complexity index is 238. The summed E-state index contributed by atoms with van der Waals surface area (Å²) in [5, 5.41) is 1.82. The van der Waals surface area contributed by atoms with E-state index in [1.54, 1.807) is 0 Å². The van der Waals surface area contributed by atoms with E-state index in [-0.39, 0.29) is 0 Å². The van der Waals surface area contributed by atoms with Crippen molar-refractivity contribution in [3.8, 4) is 0 Å². The normalized spacial score (nSPS) is 29.6. The van der Waals surface area contributed by atoms with E-state index < -0.39 is 17.8 Å². The summed E-state index contributed by atoms with van der Waals surface area (Å²) in [5.74, 6) is -3.58. The fourth-order valence-corrected chi connectivity index (χ4v) is 0.706. The monoisotopic (exact) mass is 182 g/mol. The van der Waals surface area contributed by atoms with Gasteiger partial charge in [0.1, 0.15) is 0 Å². The Balaban J connectivity index is 2.89. The molecule has 1 rings (SSSR count). The second kappa shape index (κ2) is 2.46. The van der Waals surface area contributed by atoms with Crippen LogP contribution >= 0.6 is 0 Å². The van der Waals surface area contributed by atoms with Crippen LogP contribution in [0.25, 0.3) is 0 Å². The largest absolute Gasteiger partial charge is 0.449 e. The van der Waals surface area contributed by atoms with Crippen molar-refractivity contribution in [1.29, 1.82) is 0 Å². The zero-order chi connectivity index (χ0) is 9.41. The molecular weight excluding hydrogens is 176 g/mol. The van der Waals surface area contributed by atoms with Gasteiger partial charge in [0, 0.05) is 6.20 Å². The third-order valence-corrected chi connectivity index (χ3v) is 1.21. The van der Waals surface area contributed by atoms with Gasteiger partial charge in [-0.3, -0.25) is 0 Å². The lowest BCUT2D eigenvalue weighted by molar-refractivity contribution is -0.0626. The van der Waals surface area contributed by atoms with Crippen molar-refractivity contribution in [1.82, 2.24) is 5.32 Å². The van der Waals surface area contributed by atoms with Crippen LogP contribution in [0.3, 0.4) is 0 Å². The van der Waals surface area contributed by atoms with Crippen molar-refractivity contribution in [2.45, 2.75) is 18.9 Å². The maximum atomic E-state index is 12.8. The number of hydrogen-bond donors (Lipinski definition) is 1. The van der Waals surface area contributed by atoms with Crippen LogP contribution in [0.4, 0.5) is 17.6 Å². The third kappa shape index (κ3) is 1.96. The summed E-state index contributed by atoms with van der Waals surface area (Å²) >= 11 is 0. The molecule has 1 N–H and O–H groups in total. The standard InChI is InChI=1S/C6H6F4N2/c1-5(7)2-3-11-4(12-5)6(8,9)10/h2-3H,1H3,(H,11,12). The fraction of sp³-hybridized carbons (Fsp3) is 0.500. The molecule has 1 heterocycles. The maximum absolute atomic E-state index is 12.8. The Hall–Kier alpha value is -1.07. The SMILES string of the molecule is CC1(F)C=CNC(C(F)(F)F)=N1. The zero-order valence-electron chi connectivity index (χ0n) is 6.11. The molecule has 0 aromatic carbocycles. The molecule has 0 aromatic heterocycles. The van der Waals surface area contributed by atoms with E-state index in [0.29, 0.717) is 0 Å². The summed E-state index contributed by atoms with van der Waals surface area (Å²) in [7, 11) is 0. The van der Waals surface area contributed by atoms with Crippen LogP contribution in [0.5, 0.6) is 0 Å². The van der Waals surface area contributed by atoms with E-state index in [4.69, 9.17) is 0 Å². The summed E-state index contributed by atoms with van der Waals surface area (Å²) in [6.45, 7) is 0.941. The van der Waals surface area contributed by atoms with E-state index in [0.717, 1.165) is 19.2 Å². The molecule has 0 aliphatic carbocycles. The third-order valence-electron chi connectivity index (χ3n) is 1.21. The molecule has 0 fully saturated rings. The van der Waals surface area contributed by atoms with Gasteiger partial charge in [0.2, 0.25) is 11.6 Å². The minimum Gasteiger partial charge on any atom is -0.343 e. The predicted molar refractivity (Wildman–Crippen MR) is 35.3 cm³/mol. The Morgan fingerprint density at radius 2 is 2.08 bits per heavy atom.